The lowest BCUT2D eigenvalue weighted by Crippen LogP contribution is -2.03. The summed E-state index contributed by atoms with van der Waals surface area (Å²) < 4.78 is 30.2. The zero-order chi connectivity index (χ0) is 19.4. The minimum atomic E-state index is -0.517. The summed E-state index contributed by atoms with van der Waals surface area (Å²) in [5.41, 5.74) is 0.799. The van der Waals surface area contributed by atoms with Crippen LogP contribution in [0.3, 0.4) is 0 Å². The van der Waals surface area contributed by atoms with Gasteiger partial charge in [-0.2, -0.15) is 0 Å². The third-order valence-corrected chi connectivity index (χ3v) is 4.25. The topological polar surface area (TPSA) is 57.7 Å². The molecule has 0 aliphatic heterocycles. The molecule has 0 atom stereocenters. The summed E-state index contributed by atoms with van der Waals surface area (Å²) in [5.74, 6) is 0.473. The molecule has 0 fully saturated rings. The normalized spacial score (nSPS) is 10.4. The zero-order valence-electron chi connectivity index (χ0n) is 14.5. The van der Waals surface area contributed by atoms with Crippen molar-refractivity contribution >= 4 is 21.7 Å². The predicted octanol–water partition coefficient (Wildman–Crippen LogP) is 5.02. The molecule has 0 aliphatic carbocycles. The Labute approximate surface area is 163 Å². The van der Waals surface area contributed by atoms with E-state index in [1.54, 1.807) is 30.3 Å². The van der Waals surface area contributed by atoms with Gasteiger partial charge in [0.25, 0.3) is 0 Å². The van der Waals surface area contributed by atoms with Gasteiger partial charge in [-0.05, 0) is 42.5 Å². The number of aromatic nitrogens is 1. The van der Waals surface area contributed by atoms with Crippen molar-refractivity contribution in [2.45, 2.75) is 0 Å². The van der Waals surface area contributed by atoms with Crippen LogP contribution in [0.5, 0.6) is 23.1 Å². The van der Waals surface area contributed by atoms with Crippen molar-refractivity contribution in [3.8, 4) is 23.1 Å². The molecule has 0 saturated heterocycles. The first-order chi connectivity index (χ1) is 13.0. The first kappa shape index (κ1) is 18.8. The van der Waals surface area contributed by atoms with Crippen LogP contribution in [0.15, 0.2) is 59.2 Å². The van der Waals surface area contributed by atoms with E-state index in [1.807, 2.05) is 0 Å². The van der Waals surface area contributed by atoms with Gasteiger partial charge >= 0.3 is 0 Å². The van der Waals surface area contributed by atoms with Crippen LogP contribution >= 0.6 is 15.9 Å². The highest BCUT2D eigenvalue weighted by Crippen LogP contribution is 2.29. The smallest absolute Gasteiger partial charge is 0.219 e. The number of hydrogen-bond donors (Lipinski definition) is 0. The first-order valence-electron chi connectivity index (χ1n) is 7.87. The number of carbonyl (C=O) groups excluding carboxylic acids is 1. The summed E-state index contributed by atoms with van der Waals surface area (Å²) in [4.78, 5) is 16.7. The van der Waals surface area contributed by atoms with Crippen LogP contribution in [0.4, 0.5) is 4.39 Å². The van der Waals surface area contributed by atoms with E-state index in [9.17, 15) is 9.18 Å². The summed E-state index contributed by atoms with van der Waals surface area (Å²) in [7, 11) is 3.03. The van der Waals surface area contributed by atoms with E-state index in [1.165, 1.54) is 38.6 Å². The molecule has 27 heavy (non-hydrogen) atoms. The molecule has 7 heteroatoms. The highest BCUT2D eigenvalue weighted by molar-refractivity contribution is 9.10. The molecule has 0 bridgehead atoms. The van der Waals surface area contributed by atoms with Crippen molar-refractivity contribution in [1.82, 2.24) is 4.98 Å². The molecule has 3 aromatic rings. The molecule has 0 saturated carbocycles. The van der Waals surface area contributed by atoms with Crippen LogP contribution in [-0.4, -0.2) is 25.0 Å². The van der Waals surface area contributed by atoms with Crippen LogP contribution in [0.25, 0.3) is 0 Å². The van der Waals surface area contributed by atoms with Gasteiger partial charge in [-0.15, -0.1) is 0 Å². The molecule has 1 aromatic heterocycles. The van der Waals surface area contributed by atoms with Crippen LogP contribution in [0, 0.1) is 5.82 Å². The Bertz CT molecular complexity index is 976. The molecular weight excluding hydrogens is 417 g/mol. The van der Waals surface area contributed by atoms with Crippen LogP contribution in [-0.2, 0) is 0 Å². The molecule has 0 unspecified atom stereocenters. The Kier molecular flexibility index (Phi) is 5.71. The lowest BCUT2D eigenvalue weighted by molar-refractivity contribution is 0.103. The second-order valence-corrected chi connectivity index (χ2v) is 6.38. The van der Waals surface area contributed by atoms with Gasteiger partial charge in [0.15, 0.2) is 28.8 Å². The number of rotatable bonds is 6. The van der Waals surface area contributed by atoms with Gasteiger partial charge in [-0.3, -0.25) is 4.79 Å². The Morgan fingerprint density at radius 3 is 2.26 bits per heavy atom. The third-order valence-electron chi connectivity index (χ3n) is 3.75. The van der Waals surface area contributed by atoms with Crippen LogP contribution in [0.1, 0.15) is 15.9 Å². The Hall–Kier alpha value is -2.93. The van der Waals surface area contributed by atoms with Crippen molar-refractivity contribution in [1.29, 1.82) is 0 Å². The molecule has 0 aliphatic rings. The Morgan fingerprint density at radius 2 is 1.63 bits per heavy atom. The molecule has 0 spiro atoms. The number of carbonyl (C=O) groups is 1. The van der Waals surface area contributed by atoms with E-state index in [0.717, 1.165) is 0 Å². The standard InChI is InChI=1S/C20H15BrFNO4/c1-25-17-6-3-12(9-18(17)26-2)20(24)13-4-8-19(23-11-13)27-16-7-5-14(21)10-15(16)22/h3-11H,1-2H3. The second kappa shape index (κ2) is 8.18. The molecule has 0 amide bonds. The fourth-order valence-electron chi connectivity index (χ4n) is 2.39. The van der Waals surface area contributed by atoms with Crippen molar-refractivity contribution < 1.29 is 23.4 Å². The molecule has 138 valence electrons. The number of halogens is 2. The number of benzene rings is 2. The van der Waals surface area contributed by atoms with Crippen molar-refractivity contribution in [2.24, 2.45) is 0 Å². The number of ketones is 1. The number of hydrogen-bond acceptors (Lipinski definition) is 5. The van der Waals surface area contributed by atoms with Crippen molar-refractivity contribution in [3.05, 3.63) is 76.1 Å². The monoisotopic (exact) mass is 431 g/mol. The van der Waals surface area contributed by atoms with Crippen molar-refractivity contribution in [2.75, 3.05) is 14.2 Å². The summed E-state index contributed by atoms with van der Waals surface area (Å²) in [5, 5.41) is 0. The van der Waals surface area contributed by atoms with E-state index in [-0.39, 0.29) is 17.4 Å². The fraction of sp³-hybridized carbons (Fsp3) is 0.100. The van der Waals surface area contributed by atoms with Crippen LogP contribution < -0.4 is 14.2 Å². The van der Waals surface area contributed by atoms with Gasteiger partial charge in [-0.25, -0.2) is 9.37 Å². The summed E-state index contributed by atoms with van der Waals surface area (Å²) in [6.07, 6.45) is 1.38. The van der Waals surface area contributed by atoms with Gasteiger partial charge in [0, 0.05) is 27.9 Å². The SMILES string of the molecule is COc1ccc(C(=O)c2ccc(Oc3ccc(Br)cc3F)nc2)cc1OC. The minimum Gasteiger partial charge on any atom is -0.493 e. The van der Waals surface area contributed by atoms with Gasteiger partial charge in [-0.1, -0.05) is 15.9 Å². The largest absolute Gasteiger partial charge is 0.493 e. The van der Waals surface area contributed by atoms with Gasteiger partial charge in [0.1, 0.15) is 0 Å². The predicted molar refractivity (Wildman–Crippen MR) is 101 cm³/mol. The molecule has 0 N–H and O–H groups in total. The summed E-state index contributed by atoms with van der Waals surface area (Å²) in [6, 6.07) is 12.4. The van der Waals surface area contributed by atoms with Crippen LogP contribution in [0.2, 0.25) is 0 Å². The number of methoxy groups -OCH3 is 2. The van der Waals surface area contributed by atoms with E-state index in [0.29, 0.717) is 27.1 Å². The number of nitrogens with zero attached hydrogens (tertiary/aromatic N) is 1. The van der Waals surface area contributed by atoms with E-state index < -0.39 is 5.82 Å². The summed E-state index contributed by atoms with van der Waals surface area (Å²) in [6.45, 7) is 0. The average Bonchev–Trinajstić information content (AvgIpc) is 2.69. The van der Waals surface area contributed by atoms with E-state index in [2.05, 4.69) is 20.9 Å². The summed E-state index contributed by atoms with van der Waals surface area (Å²) >= 11 is 3.18. The fourth-order valence-corrected chi connectivity index (χ4v) is 2.72. The molecular formula is C20H15BrFNO4. The van der Waals surface area contributed by atoms with Gasteiger partial charge in [0.05, 0.1) is 14.2 Å². The highest BCUT2D eigenvalue weighted by Gasteiger charge is 2.14. The quantitative estimate of drug-likeness (QED) is 0.512. The first-order valence-corrected chi connectivity index (χ1v) is 8.67. The Balaban J connectivity index is 1.79. The number of ether oxygens (including phenoxy) is 3. The molecule has 3 rings (SSSR count). The lowest BCUT2D eigenvalue weighted by atomic mass is 10.0. The second-order valence-electron chi connectivity index (χ2n) is 5.46. The van der Waals surface area contributed by atoms with Gasteiger partial charge in [0.2, 0.25) is 5.88 Å². The van der Waals surface area contributed by atoms with Crippen molar-refractivity contribution in [3.63, 3.8) is 0 Å². The minimum absolute atomic E-state index is 0.0460. The van der Waals surface area contributed by atoms with E-state index >= 15 is 0 Å². The highest BCUT2D eigenvalue weighted by atomic mass is 79.9. The lowest BCUT2D eigenvalue weighted by Gasteiger charge is -2.09. The third kappa shape index (κ3) is 4.25. The molecule has 5 nitrogen and oxygen atoms in total. The molecule has 2 aromatic carbocycles. The maximum atomic E-state index is 13.8. The Morgan fingerprint density at radius 1 is 0.926 bits per heavy atom. The van der Waals surface area contributed by atoms with Gasteiger partial charge < -0.3 is 14.2 Å². The average molecular weight is 432 g/mol. The van der Waals surface area contributed by atoms with E-state index in [4.69, 9.17) is 14.2 Å². The molecule has 0 radical (unpaired) electrons. The zero-order valence-corrected chi connectivity index (χ0v) is 16.1. The molecule has 1 heterocycles. The maximum absolute atomic E-state index is 13.8. The number of pyridine rings is 1. The maximum Gasteiger partial charge on any atom is 0.219 e.